The fourth-order valence-electron chi connectivity index (χ4n) is 4.66. The van der Waals surface area contributed by atoms with E-state index in [1.165, 1.54) is 11.1 Å². The summed E-state index contributed by atoms with van der Waals surface area (Å²) in [6.45, 7) is 9.61. The largest absolute Gasteiger partial charge is 0.493 e. The fourth-order valence-corrected chi connectivity index (χ4v) is 4.83. The molecular weight excluding hydrogens is 514 g/mol. The monoisotopic (exact) mass is 547 g/mol. The van der Waals surface area contributed by atoms with Crippen molar-refractivity contribution in [3.63, 3.8) is 0 Å². The fraction of sp³-hybridized carbons (Fsp3) is 0.367. The summed E-state index contributed by atoms with van der Waals surface area (Å²) < 4.78 is 13.3. The summed E-state index contributed by atoms with van der Waals surface area (Å²) in [4.78, 5) is 19.2. The molecule has 0 saturated heterocycles. The summed E-state index contributed by atoms with van der Waals surface area (Å²) in [5.74, 6) is 1.25. The zero-order chi connectivity index (χ0) is 27.6. The van der Waals surface area contributed by atoms with Gasteiger partial charge in [-0.2, -0.15) is 4.98 Å². The van der Waals surface area contributed by atoms with Crippen LogP contribution in [0.15, 0.2) is 54.7 Å². The third-order valence-corrected chi connectivity index (χ3v) is 6.71. The smallest absolute Gasteiger partial charge is 0.410 e. The van der Waals surface area contributed by atoms with Crippen molar-refractivity contribution in [3.05, 3.63) is 70.9 Å². The van der Waals surface area contributed by atoms with Crippen LogP contribution in [-0.4, -0.2) is 50.9 Å². The Morgan fingerprint density at radius 1 is 1.05 bits per heavy atom. The maximum Gasteiger partial charge on any atom is 0.410 e. The van der Waals surface area contributed by atoms with E-state index in [0.717, 1.165) is 41.8 Å². The lowest BCUT2D eigenvalue weighted by Gasteiger charge is -2.26. The van der Waals surface area contributed by atoms with E-state index in [1.807, 2.05) is 63.4 Å². The van der Waals surface area contributed by atoms with Gasteiger partial charge in [0.1, 0.15) is 11.4 Å². The minimum atomic E-state index is -0.509. The average molecular weight is 548 g/mol. The SMILES string of the molecule is CCCOc1ccc(Cl)cc1-c1cccn2nc(Nc3ccc4c(c3)CCN(C(=O)OC(C)(C)C)CC4)nc12. The molecule has 1 N–H and O–H groups in total. The van der Waals surface area contributed by atoms with Crippen LogP contribution in [0, 0.1) is 0 Å². The van der Waals surface area contributed by atoms with Crippen LogP contribution in [-0.2, 0) is 17.6 Å². The maximum absolute atomic E-state index is 12.6. The van der Waals surface area contributed by atoms with E-state index in [-0.39, 0.29) is 6.09 Å². The van der Waals surface area contributed by atoms with Gasteiger partial charge in [-0.1, -0.05) is 24.6 Å². The van der Waals surface area contributed by atoms with Crippen molar-refractivity contribution in [1.29, 1.82) is 0 Å². The normalized spacial score (nSPS) is 13.6. The standard InChI is InChI=1S/C30H34ClN5O3/c1-5-17-38-26-11-9-22(31)19-25(26)24-7-6-14-36-27(24)33-28(34-36)32-23-10-8-20-12-15-35(16-13-21(20)18-23)29(37)39-30(2,3)4/h6-11,14,18-19H,5,12-13,15-17H2,1-4H3,(H,32,34). The number of ether oxygens (including phenoxy) is 2. The first kappa shape index (κ1) is 26.8. The number of amides is 1. The molecule has 0 unspecified atom stereocenters. The Bertz CT molecular complexity index is 1490. The molecule has 1 aliphatic heterocycles. The van der Waals surface area contributed by atoms with E-state index >= 15 is 0 Å². The summed E-state index contributed by atoms with van der Waals surface area (Å²) in [7, 11) is 0. The van der Waals surface area contributed by atoms with Gasteiger partial charge >= 0.3 is 6.09 Å². The number of rotatable bonds is 6. The molecule has 0 fully saturated rings. The molecule has 1 amide bonds. The second-order valence-electron chi connectivity index (χ2n) is 10.7. The Morgan fingerprint density at radius 2 is 1.85 bits per heavy atom. The summed E-state index contributed by atoms with van der Waals surface area (Å²) in [5, 5.41) is 8.65. The summed E-state index contributed by atoms with van der Waals surface area (Å²) in [6.07, 6.45) is 4.05. The first-order valence-corrected chi connectivity index (χ1v) is 13.7. The molecule has 9 heteroatoms. The number of nitrogens with one attached hydrogen (secondary N) is 1. The Morgan fingerprint density at radius 3 is 2.62 bits per heavy atom. The van der Waals surface area contributed by atoms with Crippen molar-refractivity contribution in [2.24, 2.45) is 0 Å². The molecule has 4 aromatic rings. The van der Waals surface area contributed by atoms with Gasteiger partial charge in [-0.15, -0.1) is 5.10 Å². The molecule has 5 rings (SSSR count). The Balaban J connectivity index is 1.37. The van der Waals surface area contributed by atoms with Gasteiger partial charge in [-0.25, -0.2) is 9.31 Å². The number of aromatic nitrogens is 3. The van der Waals surface area contributed by atoms with Crippen molar-refractivity contribution >= 4 is 35.0 Å². The molecule has 0 spiro atoms. The van der Waals surface area contributed by atoms with Crippen molar-refractivity contribution in [2.75, 3.05) is 25.0 Å². The zero-order valence-electron chi connectivity index (χ0n) is 22.8. The molecule has 0 saturated carbocycles. The van der Waals surface area contributed by atoms with Gasteiger partial charge in [-0.3, -0.25) is 0 Å². The average Bonchev–Trinajstić information content (AvgIpc) is 3.17. The van der Waals surface area contributed by atoms with Crippen molar-refractivity contribution < 1.29 is 14.3 Å². The maximum atomic E-state index is 12.6. The Kier molecular flexibility index (Phi) is 7.66. The third-order valence-electron chi connectivity index (χ3n) is 6.47. The molecule has 0 atom stereocenters. The number of nitrogens with zero attached hydrogens (tertiary/aromatic N) is 4. The topological polar surface area (TPSA) is 81.0 Å². The predicted molar refractivity (Wildman–Crippen MR) is 154 cm³/mol. The van der Waals surface area contributed by atoms with Gasteiger partial charge in [0.2, 0.25) is 5.95 Å². The van der Waals surface area contributed by atoms with Gasteiger partial charge < -0.3 is 19.7 Å². The molecular formula is C30H34ClN5O3. The predicted octanol–water partition coefficient (Wildman–Crippen LogP) is 6.92. The molecule has 3 heterocycles. The molecule has 0 radical (unpaired) electrons. The van der Waals surface area contributed by atoms with Gasteiger partial charge in [0.25, 0.3) is 0 Å². The van der Waals surface area contributed by atoms with Crippen LogP contribution in [0.25, 0.3) is 16.8 Å². The minimum absolute atomic E-state index is 0.263. The number of carbonyl (C=O) groups is 1. The van der Waals surface area contributed by atoms with Crippen molar-refractivity contribution in [1.82, 2.24) is 19.5 Å². The van der Waals surface area contributed by atoms with E-state index in [2.05, 4.69) is 29.5 Å². The second-order valence-corrected chi connectivity index (χ2v) is 11.1. The highest BCUT2D eigenvalue weighted by Crippen LogP contribution is 2.35. The van der Waals surface area contributed by atoms with Crippen LogP contribution in [0.5, 0.6) is 5.75 Å². The van der Waals surface area contributed by atoms with Crippen LogP contribution in [0.4, 0.5) is 16.4 Å². The number of hydrogen-bond acceptors (Lipinski definition) is 6. The number of anilines is 2. The number of hydrogen-bond donors (Lipinski definition) is 1. The minimum Gasteiger partial charge on any atom is -0.493 e. The number of fused-ring (bicyclic) bond motifs is 2. The van der Waals surface area contributed by atoms with E-state index in [9.17, 15) is 4.79 Å². The number of benzene rings is 2. The van der Waals surface area contributed by atoms with E-state index in [0.29, 0.717) is 36.3 Å². The van der Waals surface area contributed by atoms with E-state index < -0.39 is 5.60 Å². The van der Waals surface area contributed by atoms with Gasteiger partial charge in [0, 0.05) is 41.1 Å². The van der Waals surface area contributed by atoms with E-state index in [4.69, 9.17) is 26.1 Å². The highest BCUT2D eigenvalue weighted by atomic mass is 35.5. The van der Waals surface area contributed by atoms with Gasteiger partial charge in [-0.05, 0) is 93.6 Å². The lowest BCUT2D eigenvalue weighted by molar-refractivity contribution is 0.0258. The first-order chi connectivity index (χ1) is 18.7. The zero-order valence-corrected chi connectivity index (χ0v) is 23.6. The molecule has 204 valence electrons. The summed E-state index contributed by atoms with van der Waals surface area (Å²) >= 11 is 6.35. The first-order valence-electron chi connectivity index (χ1n) is 13.3. The number of carbonyl (C=O) groups excluding carboxylic acids is 1. The molecule has 2 aromatic carbocycles. The van der Waals surface area contributed by atoms with Crippen molar-refractivity contribution in [2.45, 2.75) is 52.6 Å². The molecule has 39 heavy (non-hydrogen) atoms. The van der Waals surface area contributed by atoms with Gasteiger partial charge in [0.15, 0.2) is 5.65 Å². The molecule has 0 bridgehead atoms. The third kappa shape index (κ3) is 6.28. The lowest BCUT2D eigenvalue weighted by Crippen LogP contribution is -2.38. The Hall–Kier alpha value is -3.78. The molecule has 1 aliphatic rings. The molecule has 8 nitrogen and oxygen atoms in total. The molecule has 0 aliphatic carbocycles. The summed E-state index contributed by atoms with van der Waals surface area (Å²) in [5.41, 5.74) is 5.28. The lowest BCUT2D eigenvalue weighted by atomic mass is 10.0. The van der Waals surface area contributed by atoms with Crippen LogP contribution in [0.3, 0.4) is 0 Å². The highest BCUT2D eigenvalue weighted by molar-refractivity contribution is 6.31. The van der Waals surface area contributed by atoms with Crippen LogP contribution < -0.4 is 10.1 Å². The second kappa shape index (κ2) is 11.1. The van der Waals surface area contributed by atoms with Crippen LogP contribution in [0.1, 0.15) is 45.2 Å². The number of pyridine rings is 1. The van der Waals surface area contributed by atoms with Crippen molar-refractivity contribution in [3.8, 4) is 16.9 Å². The van der Waals surface area contributed by atoms with Crippen LogP contribution in [0.2, 0.25) is 5.02 Å². The number of halogens is 1. The highest BCUT2D eigenvalue weighted by Gasteiger charge is 2.24. The van der Waals surface area contributed by atoms with Crippen LogP contribution >= 0.6 is 11.6 Å². The quantitative estimate of drug-likeness (QED) is 0.282. The summed E-state index contributed by atoms with van der Waals surface area (Å²) in [6, 6.07) is 15.8. The van der Waals surface area contributed by atoms with E-state index in [1.54, 1.807) is 9.42 Å². The molecule has 2 aromatic heterocycles. The van der Waals surface area contributed by atoms with Gasteiger partial charge in [0.05, 0.1) is 6.61 Å². The Labute approximate surface area is 233 Å².